The quantitative estimate of drug-likeness (QED) is 0.878. The first kappa shape index (κ1) is 15.0. The molecule has 1 heterocycles. The molecule has 0 bridgehead atoms. The molecule has 4 nitrogen and oxygen atoms in total. The van der Waals surface area contributed by atoms with Crippen LogP contribution in [0.5, 0.6) is 11.6 Å². The first-order valence-electron chi connectivity index (χ1n) is 6.40. The number of pyridine rings is 1. The normalized spacial score (nSPS) is 12.0. The Bertz CT molecular complexity index is 593. The van der Waals surface area contributed by atoms with Crippen LogP contribution in [0.3, 0.4) is 0 Å². The molecular formula is C15H16F2N2O2. The predicted molar refractivity (Wildman–Crippen MR) is 75.9 cm³/mol. The number of methoxy groups -OCH3 is 1. The molecule has 1 unspecified atom stereocenters. The molecule has 112 valence electrons. The summed E-state index contributed by atoms with van der Waals surface area (Å²) < 4.78 is 34.0. The van der Waals surface area contributed by atoms with E-state index in [4.69, 9.17) is 4.74 Å². The zero-order valence-electron chi connectivity index (χ0n) is 11.7. The summed E-state index contributed by atoms with van der Waals surface area (Å²) in [6.07, 6.45) is 1.63. The highest BCUT2D eigenvalue weighted by Gasteiger charge is 2.11. The largest absolute Gasteiger partial charge is 0.480 e. The minimum atomic E-state index is -2.83. The molecule has 1 atom stereocenters. The van der Waals surface area contributed by atoms with Gasteiger partial charge in [0.15, 0.2) is 0 Å². The zero-order chi connectivity index (χ0) is 15.2. The lowest BCUT2D eigenvalue weighted by molar-refractivity contribution is -0.0498. The first-order valence-corrected chi connectivity index (χ1v) is 6.40. The van der Waals surface area contributed by atoms with Gasteiger partial charge in [-0.2, -0.15) is 8.78 Å². The van der Waals surface area contributed by atoms with E-state index in [2.05, 4.69) is 15.0 Å². The maximum absolute atomic E-state index is 12.2. The number of nitrogens with one attached hydrogen (secondary N) is 1. The van der Waals surface area contributed by atoms with Crippen molar-refractivity contribution in [1.29, 1.82) is 0 Å². The fourth-order valence-electron chi connectivity index (χ4n) is 1.94. The standard InChI is InChI=1S/C15H16F2N2O2/c1-10(19-13-7-4-8-18-14(13)20-2)11-5-3-6-12(9-11)21-15(16)17/h3-10,15,19H,1-2H3. The molecule has 0 radical (unpaired) electrons. The van der Waals surface area contributed by atoms with Gasteiger partial charge in [-0.05, 0) is 36.8 Å². The molecule has 0 spiro atoms. The highest BCUT2D eigenvalue weighted by Crippen LogP contribution is 2.27. The van der Waals surface area contributed by atoms with Gasteiger partial charge in [0.2, 0.25) is 5.88 Å². The van der Waals surface area contributed by atoms with Crippen molar-refractivity contribution in [2.24, 2.45) is 0 Å². The molecule has 1 aromatic heterocycles. The molecule has 0 fully saturated rings. The van der Waals surface area contributed by atoms with Crippen molar-refractivity contribution in [2.75, 3.05) is 12.4 Å². The Morgan fingerprint density at radius 3 is 2.71 bits per heavy atom. The number of rotatable bonds is 6. The third kappa shape index (κ3) is 4.05. The van der Waals surface area contributed by atoms with Gasteiger partial charge in [0, 0.05) is 12.2 Å². The molecule has 1 aromatic carbocycles. The van der Waals surface area contributed by atoms with Gasteiger partial charge in [-0.25, -0.2) is 4.98 Å². The van der Waals surface area contributed by atoms with Gasteiger partial charge in [0.25, 0.3) is 0 Å². The third-order valence-corrected chi connectivity index (χ3v) is 2.92. The predicted octanol–water partition coefficient (Wildman–Crippen LogP) is 3.86. The van der Waals surface area contributed by atoms with Crippen molar-refractivity contribution in [3.8, 4) is 11.6 Å². The maximum Gasteiger partial charge on any atom is 0.387 e. The van der Waals surface area contributed by atoms with Gasteiger partial charge in [0.1, 0.15) is 5.75 Å². The smallest absolute Gasteiger partial charge is 0.387 e. The van der Waals surface area contributed by atoms with Crippen molar-refractivity contribution in [1.82, 2.24) is 4.98 Å². The van der Waals surface area contributed by atoms with Crippen LogP contribution < -0.4 is 14.8 Å². The average molecular weight is 294 g/mol. The molecule has 0 aliphatic rings. The van der Waals surface area contributed by atoms with Crippen LogP contribution in [0, 0.1) is 0 Å². The van der Waals surface area contributed by atoms with Crippen molar-refractivity contribution >= 4 is 5.69 Å². The summed E-state index contributed by atoms with van der Waals surface area (Å²) in [7, 11) is 1.54. The van der Waals surface area contributed by atoms with E-state index in [0.29, 0.717) is 5.88 Å². The number of anilines is 1. The molecule has 6 heteroatoms. The maximum atomic E-state index is 12.2. The van der Waals surface area contributed by atoms with Gasteiger partial charge >= 0.3 is 6.61 Å². The number of aromatic nitrogens is 1. The number of hydrogen-bond acceptors (Lipinski definition) is 4. The molecule has 21 heavy (non-hydrogen) atoms. The van der Waals surface area contributed by atoms with Crippen molar-refractivity contribution in [3.05, 3.63) is 48.2 Å². The Labute approximate surface area is 121 Å². The van der Waals surface area contributed by atoms with Crippen LogP contribution in [-0.2, 0) is 0 Å². The highest BCUT2D eigenvalue weighted by atomic mass is 19.3. The Morgan fingerprint density at radius 2 is 2.00 bits per heavy atom. The molecule has 0 amide bonds. The van der Waals surface area contributed by atoms with Gasteiger partial charge in [-0.1, -0.05) is 12.1 Å². The fourth-order valence-corrected chi connectivity index (χ4v) is 1.94. The lowest BCUT2D eigenvalue weighted by Crippen LogP contribution is -2.09. The van der Waals surface area contributed by atoms with E-state index in [1.54, 1.807) is 24.4 Å². The van der Waals surface area contributed by atoms with Crippen LogP contribution in [0.2, 0.25) is 0 Å². The Balaban J connectivity index is 2.14. The van der Waals surface area contributed by atoms with Gasteiger partial charge in [-0.15, -0.1) is 0 Å². The third-order valence-electron chi connectivity index (χ3n) is 2.92. The lowest BCUT2D eigenvalue weighted by Gasteiger charge is -2.18. The Morgan fingerprint density at radius 1 is 1.19 bits per heavy atom. The summed E-state index contributed by atoms with van der Waals surface area (Å²) in [5, 5.41) is 3.23. The molecule has 1 N–H and O–H groups in total. The number of alkyl halides is 2. The molecule has 0 saturated carbocycles. The van der Waals surface area contributed by atoms with Crippen LogP contribution in [-0.4, -0.2) is 18.7 Å². The molecule has 2 rings (SSSR count). The van der Waals surface area contributed by atoms with E-state index < -0.39 is 6.61 Å². The Kier molecular flexibility index (Phi) is 4.92. The highest BCUT2D eigenvalue weighted by molar-refractivity contribution is 5.53. The topological polar surface area (TPSA) is 43.4 Å². The second kappa shape index (κ2) is 6.88. The molecule has 0 saturated heterocycles. The summed E-state index contributed by atoms with van der Waals surface area (Å²) in [4.78, 5) is 4.09. The summed E-state index contributed by atoms with van der Waals surface area (Å²) in [5.74, 6) is 0.610. The van der Waals surface area contributed by atoms with Crippen molar-refractivity contribution in [3.63, 3.8) is 0 Å². The Hall–Kier alpha value is -2.37. The monoisotopic (exact) mass is 294 g/mol. The molecule has 0 aliphatic carbocycles. The SMILES string of the molecule is COc1ncccc1NC(C)c1cccc(OC(F)F)c1. The summed E-state index contributed by atoms with van der Waals surface area (Å²) in [6.45, 7) is -0.921. The minimum absolute atomic E-state index is 0.121. The van der Waals surface area contributed by atoms with Crippen molar-refractivity contribution < 1.29 is 18.3 Å². The fraction of sp³-hybridized carbons (Fsp3) is 0.267. The minimum Gasteiger partial charge on any atom is -0.480 e. The zero-order valence-corrected chi connectivity index (χ0v) is 11.7. The van der Waals surface area contributed by atoms with Crippen LogP contribution in [0.25, 0.3) is 0 Å². The van der Waals surface area contributed by atoms with Crippen LogP contribution >= 0.6 is 0 Å². The van der Waals surface area contributed by atoms with Gasteiger partial charge in [0.05, 0.1) is 12.8 Å². The second-order valence-corrected chi connectivity index (χ2v) is 4.38. The van der Waals surface area contributed by atoms with E-state index in [9.17, 15) is 8.78 Å². The summed E-state index contributed by atoms with van der Waals surface area (Å²) in [6, 6.07) is 10.1. The molecule has 0 aliphatic heterocycles. The first-order chi connectivity index (χ1) is 10.1. The number of nitrogens with zero attached hydrogens (tertiary/aromatic N) is 1. The van der Waals surface area contributed by atoms with Gasteiger partial charge in [-0.3, -0.25) is 0 Å². The lowest BCUT2D eigenvalue weighted by atomic mass is 10.1. The van der Waals surface area contributed by atoms with E-state index in [0.717, 1.165) is 11.3 Å². The molecular weight excluding hydrogens is 278 g/mol. The average Bonchev–Trinajstić information content (AvgIpc) is 2.47. The van der Waals surface area contributed by atoms with Crippen LogP contribution in [0.4, 0.5) is 14.5 Å². The summed E-state index contributed by atoms with van der Waals surface area (Å²) >= 11 is 0. The van der Waals surface area contributed by atoms with E-state index in [1.165, 1.54) is 13.2 Å². The summed E-state index contributed by atoms with van der Waals surface area (Å²) in [5.41, 5.74) is 1.55. The number of halogens is 2. The number of ether oxygens (including phenoxy) is 2. The van der Waals surface area contributed by atoms with Crippen molar-refractivity contribution in [2.45, 2.75) is 19.6 Å². The van der Waals surface area contributed by atoms with Gasteiger partial charge < -0.3 is 14.8 Å². The number of hydrogen-bond donors (Lipinski definition) is 1. The number of benzene rings is 1. The van der Waals surface area contributed by atoms with Crippen LogP contribution in [0.15, 0.2) is 42.6 Å². The van der Waals surface area contributed by atoms with E-state index in [1.807, 2.05) is 19.1 Å². The van der Waals surface area contributed by atoms with E-state index in [-0.39, 0.29) is 11.8 Å². The van der Waals surface area contributed by atoms with Crippen LogP contribution in [0.1, 0.15) is 18.5 Å². The molecule has 2 aromatic rings. The second-order valence-electron chi connectivity index (χ2n) is 4.38. The van der Waals surface area contributed by atoms with E-state index >= 15 is 0 Å².